The second kappa shape index (κ2) is 12.0. The minimum atomic E-state index is -1.38. The lowest BCUT2D eigenvalue weighted by molar-refractivity contribution is -0.714. The summed E-state index contributed by atoms with van der Waals surface area (Å²) < 4.78 is 0.747. The van der Waals surface area contributed by atoms with Crippen LogP contribution in [0.15, 0.2) is 194 Å². The topological polar surface area (TPSA) is 20.2 Å². The maximum absolute atomic E-state index is 14.3. The molecular formula is C42H34IO+. The van der Waals surface area contributed by atoms with Gasteiger partial charge in [0, 0.05) is 11.5 Å². The van der Waals surface area contributed by atoms with Gasteiger partial charge in [0.1, 0.15) is 11.0 Å². The van der Waals surface area contributed by atoms with E-state index in [2.05, 4.69) is 182 Å². The third-order valence-electron chi connectivity index (χ3n) is 9.06. The number of benzene rings is 6. The van der Waals surface area contributed by atoms with Gasteiger partial charge in [0.05, 0.1) is 0 Å². The van der Waals surface area contributed by atoms with Crippen molar-refractivity contribution in [1.82, 2.24) is 0 Å². The summed E-state index contributed by atoms with van der Waals surface area (Å²) in [6.07, 6.45) is 4.78. The summed E-state index contributed by atoms with van der Waals surface area (Å²) >= 11 is -0.789. The molecule has 1 aliphatic carbocycles. The molecular weight excluding hydrogens is 647 g/mol. The lowest BCUT2D eigenvalue weighted by Gasteiger charge is -2.58. The third-order valence-corrected chi connectivity index (χ3v) is 13.0. The molecule has 1 nitrogen and oxygen atoms in total. The van der Waals surface area contributed by atoms with Crippen LogP contribution in [0.2, 0.25) is 0 Å². The Balaban J connectivity index is 1.72. The van der Waals surface area contributed by atoms with Crippen LogP contribution in [0, 0.1) is 3.57 Å². The second-order valence-electron chi connectivity index (χ2n) is 11.3. The summed E-state index contributed by atoms with van der Waals surface area (Å²) in [6, 6.07) is 64.3. The molecule has 3 unspecified atom stereocenters. The molecule has 0 aliphatic heterocycles. The van der Waals surface area contributed by atoms with Gasteiger partial charge in [0.25, 0.3) is 0 Å². The van der Waals surface area contributed by atoms with Crippen LogP contribution in [-0.2, 0) is 14.4 Å². The van der Waals surface area contributed by atoms with Gasteiger partial charge < -0.3 is 5.11 Å². The summed E-state index contributed by atoms with van der Waals surface area (Å²) in [4.78, 5) is 0. The van der Waals surface area contributed by atoms with Crippen molar-refractivity contribution in [2.75, 3.05) is 0 Å². The van der Waals surface area contributed by atoms with Gasteiger partial charge >= 0.3 is 21.2 Å². The van der Waals surface area contributed by atoms with Crippen molar-refractivity contribution in [3.05, 3.63) is 226 Å². The second-order valence-corrected chi connectivity index (χ2v) is 14.8. The zero-order chi connectivity index (χ0) is 29.9. The first kappa shape index (κ1) is 28.5. The van der Waals surface area contributed by atoms with Crippen molar-refractivity contribution in [3.8, 4) is 0 Å². The monoisotopic (exact) mass is 681 g/mol. The highest BCUT2D eigenvalue weighted by Crippen LogP contribution is 2.63. The van der Waals surface area contributed by atoms with Crippen molar-refractivity contribution in [3.63, 3.8) is 0 Å². The van der Waals surface area contributed by atoms with E-state index in [1.54, 1.807) is 0 Å². The average molecular weight is 682 g/mol. The molecule has 214 valence electrons. The molecule has 6 aromatic carbocycles. The highest BCUT2D eigenvalue weighted by atomic mass is 127. The third kappa shape index (κ3) is 4.47. The summed E-state index contributed by atoms with van der Waals surface area (Å²) in [7, 11) is 0. The van der Waals surface area contributed by atoms with E-state index in [1.165, 1.54) is 9.13 Å². The SMILES string of the molecule is OC1(c2ccccc2)C(c2ccccc2)C=CC([I+]c2ccccc2)(c2ccccc2)C1(c1ccccc1)c1ccccc1. The molecule has 1 aliphatic rings. The van der Waals surface area contributed by atoms with Crippen molar-refractivity contribution < 1.29 is 26.3 Å². The number of halogens is 1. The Labute approximate surface area is 270 Å². The maximum atomic E-state index is 14.3. The standard InChI is InChI=1S/C42H34IO/c44-42(37-27-15-5-16-28-37)39(33-19-7-1-8-20-33)31-32-40(34-21-9-2-10-22-34,43-38-29-17-6-18-30-38)41(42,35-23-11-3-12-24-35)36-25-13-4-14-26-36/h1-32,39,44H/q+1. The number of aliphatic hydroxyl groups is 1. The van der Waals surface area contributed by atoms with Crippen LogP contribution < -0.4 is 21.2 Å². The highest BCUT2D eigenvalue weighted by Gasteiger charge is 2.75. The Morgan fingerprint density at radius 2 is 0.818 bits per heavy atom. The number of rotatable bonds is 7. The van der Waals surface area contributed by atoms with E-state index in [9.17, 15) is 5.11 Å². The zero-order valence-electron chi connectivity index (χ0n) is 24.4. The first-order chi connectivity index (χ1) is 21.7. The molecule has 1 N–H and O–H groups in total. The first-order valence-corrected chi connectivity index (χ1v) is 17.3. The Morgan fingerprint density at radius 3 is 1.30 bits per heavy atom. The normalized spacial score (nSPS) is 22.3. The fraction of sp³-hybridized carbons (Fsp3) is 0.0952. The van der Waals surface area contributed by atoms with Crippen LogP contribution in [0.25, 0.3) is 0 Å². The van der Waals surface area contributed by atoms with Crippen LogP contribution >= 0.6 is 0 Å². The van der Waals surface area contributed by atoms with Crippen molar-refractivity contribution in [2.24, 2.45) is 0 Å². The first-order valence-electron chi connectivity index (χ1n) is 15.1. The van der Waals surface area contributed by atoms with E-state index >= 15 is 0 Å². The lowest BCUT2D eigenvalue weighted by Crippen LogP contribution is -3.68. The van der Waals surface area contributed by atoms with Crippen molar-refractivity contribution in [2.45, 2.75) is 20.4 Å². The zero-order valence-corrected chi connectivity index (χ0v) is 26.5. The summed E-state index contributed by atoms with van der Waals surface area (Å²) in [5.74, 6) is -0.317. The van der Waals surface area contributed by atoms with Crippen LogP contribution in [-0.4, -0.2) is 5.11 Å². The van der Waals surface area contributed by atoms with Crippen LogP contribution in [0.5, 0.6) is 0 Å². The Kier molecular flexibility index (Phi) is 7.80. The van der Waals surface area contributed by atoms with Crippen molar-refractivity contribution in [1.29, 1.82) is 0 Å². The smallest absolute Gasteiger partial charge is 0.331 e. The predicted octanol–water partition coefficient (Wildman–Crippen LogP) is 6.07. The number of hydrogen-bond acceptors (Lipinski definition) is 1. The fourth-order valence-electron chi connectivity index (χ4n) is 7.31. The molecule has 0 amide bonds. The quantitative estimate of drug-likeness (QED) is 0.123. The molecule has 0 aromatic heterocycles. The van der Waals surface area contributed by atoms with Gasteiger partial charge in [-0.15, -0.1) is 0 Å². The Morgan fingerprint density at radius 1 is 0.432 bits per heavy atom. The summed E-state index contributed by atoms with van der Waals surface area (Å²) in [5, 5.41) is 14.3. The molecule has 0 radical (unpaired) electrons. The van der Waals surface area contributed by atoms with Crippen LogP contribution in [0.3, 0.4) is 0 Å². The van der Waals surface area contributed by atoms with E-state index in [-0.39, 0.29) is 5.92 Å². The number of hydrogen-bond donors (Lipinski definition) is 1. The van der Waals surface area contributed by atoms with Gasteiger partial charge in [-0.2, -0.15) is 0 Å². The van der Waals surface area contributed by atoms with Gasteiger partial charge in [-0.1, -0.05) is 176 Å². The molecule has 0 heterocycles. The summed E-state index contributed by atoms with van der Waals surface area (Å²) in [5.41, 5.74) is 3.11. The van der Waals surface area contributed by atoms with E-state index in [4.69, 9.17) is 0 Å². The van der Waals surface area contributed by atoms with E-state index in [1.807, 2.05) is 12.1 Å². The van der Waals surface area contributed by atoms with Gasteiger partial charge in [-0.25, -0.2) is 0 Å². The molecule has 0 saturated heterocycles. The molecule has 44 heavy (non-hydrogen) atoms. The molecule has 0 fully saturated rings. The van der Waals surface area contributed by atoms with Gasteiger partial charge in [-0.05, 0) is 40.5 Å². The number of allylic oxidation sites excluding steroid dienone is 1. The van der Waals surface area contributed by atoms with Gasteiger partial charge in [-0.3, -0.25) is 0 Å². The summed E-state index contributed by atoms with van der Waals surface area (Å²) in [6.45, 7) is 0. The maximum Gasteiger partial charge on any atom is 0.331 e. The molecule has 7 rings (SSSR count). The van der Waals surface area contributed by atoms with E-state index in [0.717, 1.165) is 22.3 Å². The molecule has 0 spiro atoms. The van der Waals surface area contributed by atoms with Crippen LogP contribution in [0.4, 0.5) is 0 Å². The minimum absolute atomic E-state index is 0.317. The molecule has 2 heteroatoms. The van der Waals surface area contributed by atoms with Gasteiger partial charge in [0.2, 0.25) is 3.42 Å². The average Bonchev–Trinajstić information content (AvgIpc) is 3.11. The lowest BCUT2D eigenvalue weighted by atomic mass is 9.47. The molecule has 0 bridgehead atoms. The number of alkyl halides is 1. The predicted molar refractivity (Wildman–Crippen MR) is 176 cm³/mol. The molecule has 6 aromatic rings. The van der Waals surface area contributed by atoms with Gasteiger partial charge in [0.15, 0.2) is 3.57 Å². The van der Waals surface area contributed by atoms with Crippen LogP contribution in [0.1, 0.15) is 33.7 Å². The Hall–Kier alpha value is -4.25. The molecule has 0 saturated carbocycles. The highest BCUT2D eigenvalue weighted by molar-refractivity contribution is 5.59. The van der Waals surface area contributed by atoms with E-state index in [0.29, 0.717) is 0 Å². The molecule has 3 atom stereocenters. The largest absolute Gasteiger partial charge is 0.383 e. The fourth-order valence-corrected chi connectivity index (χ4v) is 11.6. The Bertz CT molecular complexity index is 1780. The van der Waals surface area contributed by atoms with E-state index < -0.39 is 35.6 Å². The minimum Gasteiger partial charge on any atom is -0.383 e. The van der Waals surface area contributed by atoms with Crippen molar-refractivity contribution >= 4 is 0 Å².